The summed E-state index contributed by atoms with van der Waals surface area (Å²) in [6.45, 7) is 0. The van der Waals surface area contributed by atoms with Crippen LogP contribution in [0.2, 0.25) is 0 Å². The Bertz CT molecular complexity index is 1330. The highest BCUT2D eigenvalue weighted by molar-refractivity contribution is 6.01. The first-order valence-corrected chi connectivity index (χ1v) is 9.46. The zero-order valence-electron chi connectivity index (χ0n) is 16.5. The number of aromatic nitrogens is 4. The Morgan fingerprint density at radius 1 is 0.733 bits per heavy atom. The fourth-order valence-electron chi connectivity index (χ4n) is 3.40. The molecule has 0 saturated heterocycles. The molecule has 0 aliphatic heterocycles. The smallest absolute Gasteiger partial charge is 0.186 e. The van der Waals surface area contributed by atoms with Crippen molar-refractivity contribution in [1.29, 1.82) is 0 Å². The molecule has 2 aromatic heterocycles. The third-order valence-corrected chi connectivity index (χ3v) is 4.96. The van der Waals surface area contributed by atoms with Crippen molar-refractivity contribution in [3.8, 4) is 22.9 Å². The molecular weight excluding hydrogens is 378 g/mol. The summed E-state index contributed by atoms with van der Waals surface area (Å²) in [7, 11) is 3.30. The molecular formula is C23H19N5O2. The summed E-state index contributed by atoms with van der Waals surface area (Å²) >= 11 is 0. The summed E-state index contributed by atoms with van der Waals surface area (Å²) in [5.41, 5.74) is 2.52. The fraction of sp³-hybridized carbons (Fsp3) is 0.0870. The van der Waals surface area contributed by atoms with E-state index in [4.69, 9.17) is 14.6 Å². The minimum atomic E-state index is 0.663. The van der Waals surface area contributed by atoms with E-state index in [2.05, 4.69) is 15.5 Å². The van der Waals surface area contributed by atoms with Crippen molar-refractivity contribution in [3.05, 3.63) is 72.8 Å². The number of ether oxygens (including phenoxy) is 2. The maximum atomic E-state index is 5.26. The second-order valence-corrected chi connectivity index (χ2v) is 6.74. The van der Waals surface area contributed by atoms with E-state index in [1.165, 1.54) is 0 Å². The molecule has 0 bridgehead atoms. The molecule has 0 radical (unpaired) electrons. The zero-order chi connectivity index (χ0) is 20.5. The highest BCUT2D eigenvalue weighted by Gasteiger charge is 2.15. The molecule has 5 aromatic rings. The molecule has 30 heavy (non-hydrogen) atoms. The largest absolute Gasteiger partial charge is 0.497 e. The van der Waals surface area contributed by atoms with Gasteiger partial charge in [-0.15, -0.1) is 15.3 Å². The van der Waals surface area contributed by atoms with Crippen LogP contribution in [0.1, 0.15) is 0 Å². The van der Waals surface area contributed by atoms with Crippen molar-refractivity contribution in [2.45, 2.75) is 0 Å². The Morgan fingerprint density at radius 2 is 1.37 bits per heavy atom. The lowest BCUT2D eigenvalue weighted by Crippen LogP contribution is -2.02. The van der Waals surface area contributed by atoms with Gasteiger partial charge in [0.15, 0.2) is 17.3 Å². The number of fused-ring (bicyclic) bond motifs is 3. The maximum absolute atomic E-state index is 5.26. The lowest BCUT2D eigenvalue weighted by Gasteiger charge is -2.11. The summed E-state index contributed by atoms with van der Waals surface area (Å²) in [5, 5.41) is 19.0. The molecule has 7 nitrogen and oxygen atoms in total. The number of rotatable bonds is 5. The van der Waals surface area contributed by atoms with Crippen LogP contribution < -0.4 is 14.8 Å². The van der Waals surface area contributed by atoms with Gasteiger partial charge in [-0.2, -0.15) is 4.52 Å². The third kappa shape index (κ3) is 3.06. The highest BCUT2D eigenvalue weighted by atomic mass is 16.5. The van der Waals surface area contributed by atoms with E-state index < -0.39 is 0 Å². The van der Waals surface area contributed by atoms with Crippen LogP contribution in [0.3, 0.4) is 0 Å². The van der Waals surface area contributed by atoms with Crippen LogP contribution in [0.5, 0.6) is 11.5 Å². The Labute approximate surface area is 172 Å². The number of methoxy groups -OCH3 is 2. The zero-order valence-corrected chi connectivity index (χ0v) is 16.5. The lowest BCUT2D eigenvalue weighted by molar-refractivity contribution is 0.415. The van der Waals surface area contributed by atoms with E-state index in [0.717, 1.165) is 39.3 Å². The monoisotopic (exact) mass is 397 g/mol. The van der Waals surface area contributed by atoms with Gasteiger partial charge >= 0.3 is 0 Å². The molecule has 0 saturated carbocycles. The minimum Gasteiger partial charge on any atom is -0.497 e. The van der Waals surface area contributed by atoms with Crippen LogP contribution in [0.25, 0.3) is 27.8 Å². The van der Waals surface area contributed by atoms with Crippen molar-refractivity contribution < 1.29 is 9.47 Å². The van der Waals surface area contributed by atoms with E-state index in [9.17, 15) is 0 Å². The predicted octanol–water partition coefficient (Wildman–Crippen LogP) is 4.71. The van der Waals surface area contributed by atoms with Crippen molar-refractivity contribution in [3.63, 3.8) is 0 Å². The van der Waals surface area contributed by atoms with Crippen LogP contribution in [0, 0.1) is 0 Å². The Hall–Kier alpha value is -4.13. The average Bonchev–Trinajstić information content (AvgIpc) is 3.24. The van der Waals surface area contributed by atoms with Crippen LogP contribution in [-0.4, -0.2) is 34.0 Å². The summed E-state index contributed by atoms with van der Waals surface area (Å²) in [4.78, 5) is 0. The van der Waals surface area contributed by atoms with E-state index in [0.29, 0.717) is 11.5 Å². The second-order valence-electron chi connectivity index (χ2n) is 6.74. The normalized spacial score (nSPS) is 11.0. The number of hydrogen-bond acceptors (Lipinski definition) is 6. The molecule has 3 aromatic carbocycles. The molecule has 5 rings (SSSR count). The number of hydrogen-bond donors (Lipinski definition) is 1. The van der Waals surface area contributed by atoms with Gasteiger partial charge in [-0.3, -0.25) is 0 Å². The summed E-state index contributed by atoms with van der Waals surface area (Å²) in [5.74, 6) is 2.97. The van der Waals surface area contributed by atoms with Crippen molar-refractivity contribution in [1.82, 2.24) is 19.8 Å². The summed E-state index contributed by atoms with van der Waals surface area (Å²) in [6.07, 6.45) is 0. The average molecular weight is 397 g/mol. The first kappa shape index (κ1) is 17.9. The number of nitrogens with one attached hydrogen (secondary N) is 1. The summed E-state index contributed by atoms with van der Waals surface area (Å²) < 4.78 is 12.3. The molecule has 0 spiro atoms. The Kier molecular flexibility index (Phi) is 4.40. The molecule has 148 valence electrons. The Balaban J connectivity index is 1.66. The molecule has 0 aliphatic carbocycles. The van der Waals surface area contributed by atoms with Gasteiger partial charge < -0.3 is 14.8 Å². The quantitative estimate of drug-likeness (QED) is 0.463. The van der Waals surface area contributed by atoms with Gasteiger partial charge in [-0.1, -0.05) is 24.3 Å². The number of nitrogens with zero attached hydrogens (tertiary/aromatic N) is 4. The van der Waals surface area contributed by atoms with Crippen molar-refractivity contribution in [2.75, 3.05) is 19.5 Å². The molecule has 0 unspecified atom stereocenters. The van der Waals surface area contributed by atoms with Gasteiger partial charge in [0, 0.05) is 22.0 Å². The fourth-order valence-corrected chi connectivity index (χ4v) is 3.40. The van der Waals surface area contributed by atoms with Crippen LogP contribution in [0.15, 0.2) is 72.8 Å². The van der Waals surface area contributed by atoms with Crippen LogP contribution in [0.4, 0.5) is 11.5 Å². The molecule has 0 fully saturated rings. The highest BCUT2D eigenvalue weighted by Crippen LogP contribution is 2.30. The lowest BCUT2D eigenvalue weighted by atomic mass is 10.1. The molecule has 1 N–H and O–H groups in total. The topological polar surface area (TPSA) is 73.6 Å². The molecule has 7 heteroatoms. The predicted molar refractivity (Wildman–Crippen MR) is 117 cm³/mol. The van der Waals surface area contributed by atoms with Gasteiger partial charge in [-0.05, 0) is 48.5 Å². The first-order valence-electron chi connectivity index (χ1n) is 9.46. The SMILES string of the molecule is COc1ccc(Nc2nn3c(-c4ccc(OC)cc4)nnc3c3ccccc23)cc1. The first-order chi connectivity index (χ1) is 14.8. The number of anilines is 2. The Morgan fingerprint density at radius 3 is 2.03 bits per heavy atom. The second kappa shape index (κ2) is 7.36. The standard InChI is InChI=1S/C23H19N5O2/c1-29-17-11-7-15(8-12-17)22-25-26-23-20-6-4-3-5-19(20)21(27-28(22)23)24-16-9-13-18(30-2)14-10-16/h3-14H,1-2H3,(H,24,27). The molecule has 2 heterocycles. The van der Waals surface area contributed by atoms with E-state index in [1.54, 1.807) is 18.7 Å². The van der Waals surface area contributed by atoms with Gasteiger partial charge in [0.1, 0.15) is 11.5 Å². The molecule has 0 aliphatic rings. The molecule has 0 amide bonds. The van der Waals surface area contributed by atoms with Crippen LogP contribution in [-0.2, 0) is 0 Å². The third-order valence-electron chi connectivity index (χ3n) is 4.96. The van der Waals surface area contributed by atoms with E-state index in [-0.39, 0.29) is 0 Å². The number of benzene rings is 3. The van der Waals surface area contributed by atoms with E-state index >= 15 is 0 Å². The van der Waals surface area contributed by atoms with Crippen LogP contribution >= 0.6 is 0 Å². The van der Waals surface area contributed by atoms with Crippen molar-refractivity contribution >= 4 is 27.9 Å². The van der Waals surface area contributed by atoms with E-state index in [1.807, 2.05) is 72.8 Å². The van der Waals surface area contributed by atoms with Gasteiger partial charge in [0.2, 0.25) is 0 Å². The summed E-state index contributed by atoms with van der Waals surface area (Å²) in [6, 6.07) is 23.4. The molecule has 0 atom stereocenters. The minimum absolute atomic E-state index is 0.663. The van der Waals surface area contributed by atoms with Gasteiger partial charge in [0.25, 0.3) is 0 Å². The maximum Gasteiger partial charge on any atom is 0.186 e. The van der Waals surface area contributed by atoms with Crippen molar-refractivity contribution in [2.24, 2.45) is 0 Å². The van der Waals surface area contributed by atoms with Gasteiger partial charge in [-0.25, -0.2) is 0 Å². The van der Waals surface area contributed by atoms with Gasteiger partial charge in [0.05, 0.1) is 14.2 Å².